The Labute approximate surface area is 220 Å². The molecular formula is C26H35F2N7O3. The zero-order valence-electron chi connectivity index (χ0n) is 22.3. The molecule has 1 N–H and O–H groups in total. The van der Waals surface area contributed by atoms with E-state index in [0.29, 0.717) is 53.9 Å². The van der Waals surface area contributed by atoms with Crippen LogP contribution in [0.2, 0.25) is 0 Å². The van der Waals surface area contributed by atoms with E-state index in [-0.39, 0.29) is 24.9 Å². The average Bonchev–Trinajstić information content (AvgIpc) is 3.37. The number of nitrogens with zero attached hydrogens (tertiary/aromatic N) is 6. The van der Waals surface area contributed by atoms with Crippen molar-refractivity contribution in [3.8, 4) is 23.0 Å². The highest BCUT2D eigenvalue weighted by Gasteiger charge is 2.28. The Bertz CT molecular complexity index is 1250. The van der Waals surface area contributed by atoms with E-state index in [2.05, 4.69) is 25.4 Å². The number of methoxy groups -OCH3 is 1. The quantitative estimate of drug-likeness (QED) is 0.491. The molecule has 1 aliphatic rings. The second-order valence-electron chi connectivity index (χ2n) is 9.66. The molecule has 0 aromatic carbocycles. The second-order valence-corrected chi connectivity index (χ2v) is 9.66. The van der Waals surface area contributed by atoms with Crippen molar-refractivity contribution in [3.05, 3.63) is 30.4 Å². The van der Waals surface area contributed by atoms with Crippen molar-refractivity contribution in [1.29, 1.82) is 0 Å². The maximum Gasteiger partial charge on any atom is 0.318 e. The molecule has 0 aliphatic carbocycles. The highest BCUT2D eigenvalue weighted by atomic mass is 19.3. The lowest BCUT2D eigenvalue weighted by molar-refractivity contribution is 0.00804. The van der Waals surface area contributed by atoms with Gasteiger partial charge < -0.3 is 19.7 Å². The SMILES string of the molecule is CCN1C(=O)NC(CCC(C)(F)F)CCCCCOc2nc(nn3ccnc23)-c2cc(ncc2OC)[C@H]1C. The molecule has 4 bridgehead atoms. The van der Waals surface area contributed by atoms with Crippen LogP contribution in [0.5, 0.6) is 11.6 Å². The van der Waals surface area contributed by atoms with Gasteiger partial charge in [-0.2, -0.15) is 4.98 Å². The fourth-order valence-electron chi connectivity index (χ4n) is 4.60. The number of urea groups is 1. The molecule has 0 fully saturated rings. The summed E-state index contributed by atoms with van der Waals surface area (Å²) >= 11 is 0. The summed E-state index contributed by atoms with van der Waals surface area (Å²) in [6, 6.07) is 0.709. The van der Waals surface area contributed by atoms with E-state index in [4.69, 9.17) is 9.47 Å². The van der Waals surface area contributed by atoms with Crippen LogP contribution in [-0.4, -0.2) is 67.7 Å². The molecule has 2 amide bonds. The summed E-state index contributed by atoms with van der Waals surface area (Å²) in [6.07, 6.45) is 7.73. The van der Waals surface area contributed by atoms with E-state index in [1.165, 1.54) is 7.11 Å². The van der Waals surface area contributed by atoms with E-state index in [9.17, 15) is 13.6 Å². The van der Waals surface area contributed by atoms with Gasteiger partial charge in [-0.25, -0.2) is 23.1 Å². The molecule has 0 spiro atoms. The molecule has 0 saturated carbocycles. The molecule has 3 aromatic heterocycles. The van der Waals surface area contributed by atoms with Gasteiger partial charge in [-0.3, -0.25) is 4.98 Å². The largest absolute Gasteiger partial charge is 0.494 e. The van der Waals surface area contributed by atoms with Crippen LogP contribution in [0.1, 0.15) is 71.0 Å². The molecule has 1 aliphatic heterocycles. The van der Waals surface area contributed by atoms with E-state index in [1.54, 1.807) is 34.1 Å². The van der Waals surface area contributed by atoms with Crippen molar-refractivity contribution in [2.75, 3.05) is 20.3 Å². The predicted molar refractivity (Wildman–Crippen MR) is 137 cm³/mol. The van der Waals surface area contributed by atoms with Gasteiger partial charge in [0.1, 0.15) is 5.75 Å². The van der Waals surface area contributed by atoms with Gasteiger partial charge in [-0.15, -0.1) is 5.10 Å². The Morgan fingerprint density at radius 2 is 2.08 bits per heavy atom. The maximum atomic E-state index is 13.6. The van der Waals surface area contributed by atoms with Gasteiger partial charge in [0.2, 0.25) is 11.6 Å². The number of rotatable bonds is 5. The molecule has 3 aromatic rings. The van der Waals surface area contributed by atoms with E-state index in [1.807, 2.05) is 13.8 Å². The standard InChI is InChI=1S/C26H35F2N7O3/c1-5-34-17(2)20-15-19(21(37-4)16-30-20)22-32-24(23-29-12-13-35(23)33-22)38-14-8-6-7-9-18(31-25(34)36)10-11-26(3,27)28/h12-13,15-18H,5-11,14H2,1-4H3,(H,31,36)/t17-,18?/m1/s1. The summed E-state index contributed by atoms with van der Waals surface area (Å²) in [5, 5.41) is 7.60. The number of alkyl halides is 2. The number of carbonyl (C=O) groups is 1. The van der Waals surface area contributed by atoms with Crippen LogP contribution >= 0.6 is 0 Å². The monoisotopic (exact) mass is 531 g/mol. The Kier molecular flexibility index (Phi) is 8.58. The van der Waals surface area contributed by atoms with Crippen LogP contribution in [0, 0.1) is 0 Å². The molecule has 206 valence electrons. The normalized spacial score (nSPS) is 19.5. The zero-order chi connectivity index (χ0) is 27.3. The number of hydrogen-bond acceptors (Lipinski definition) is 7. The number of ether oxygens (including phenoxy) is 2. The minimum atomic E-state index is -2.79. The summed E-state index contributed by atoms with van der Waals surface area (Å²) in [7, 11) is 1.54. The molecule has 1 unspecified atom stereocenters. The first kappa shape index (κ1) is 27.5. The molecule has 4 heterocycles. The van der Waals surface area contributed by atoms with Crippen LogP contribution in [0.25, 0.3) is 17.0 Å². The summed E-state index contributed by atoms with van der Waals surface area (Å²) in [5.74, 6) is -1.60. The van der Waals surface area contributed by atoms with Crippen LogP contribution in [0.4, 0.5) is 13.6 Å². The van der Waals surface area contributed by atoms with Gasteiger partial charge in [-0.05, 0) is 52.5 Å². The minimum absolute atomic E-state index is 0.196. The molecule has 2 atom stereocenters. The van der Waals surface area contributed by atoms with Crippen LogP contribution in [0.3, 0.4) is 0 Å². The number of hydrogen-bond donors (Lipinski definition) is 1. The molecule has 4 rings (SSSR count). The van der Waals surface area contributed by atoms with Gasteiger partial charge in [-0.1, -0.05) is 6.42 Å². The molecule has 0 radical (unpaired) electrons. The van der Waals surface area contributed by atoms with Gasteiger partial charge in [0.15, 0.2) is 5.82 Å². The lowest BCUT2D eigenvalue weighted by atomic mass is 10.0. The maximum absolute atomic E-state index is 13.6. The average molecular weight is 532 g/mol. The van der Waals surface area contributed by atoms with Gasteiger partial charge in [0.05, 0.1) is 37.2 Å². The van der Waals surface area contributed by atoms with E-state index >= 15 is 0 Å². The number of amides is 2. The summed E-state index contributed by atoms with van der Waals surface area (Å²) in [4.78, 5) is 28.5. The zero-order valence-corrected chi connectivity index (χ0v) is 22.3. The van der Waals surface area contributed by atoms with Crippen molar-refractivity contribution in [2.45, 2.75) is 77.3 Å². The third-order valence-corrected chi connectivity index (χ3v) is 6.76. The smallest absolute Gasteiger partial charge is 0.318 e. The number of nitrogens with one attached hydrogen (secondary N) is 1. The fraction of sp³-hybridized carbons (Fsp3) is 0.577. The van der Waals surface area contributed by atoms with Crippen LogP contribution in [0.15, 0.2) is 24.7 Å². The van der Waals surface area contributed by atoms with Crippen molar-refractivity contribution in [2.24, 2.45) is 0 Å². The summed E-state index contributed by atoms with van der Waals surface area (Å²) < 4.78 is 40.4. The van der Waals surface area contributed by atoms with Crippen LogP contribution < -0.4 is 14.8 Å². The molecule has 10 nitrogen and oxygen atoms in total. The number of fused-ring (bicyclic) bond motifs is 7. The molecule has 12 heteroatoms. The molecule has 38 heavy (non-hydrogen) atoms. The number of halogens is 2. The van der Waals surface area contributed by atoms with Gasteiger partial charge >= 0.3 is 6.03 Å². The predicted octanol–water partition coefficient (Wildman–Crippen LogP) is 5.04. The Morgan fingerprint density at radius 1 is 1.26 bits per heavy atom. The Balaban J connectivity index is 1.72. The van der Waals surface area contributed by atoms with E-state index < -0.39 is 12.0 Å². The topological polar surface area (TPSA) is 107 Å². The Hall–Kier alpha value is -3.57. The highest BCUT2D eigenvalue weighted by Crippen LogP contribution is 2.32. The number of carbonyl (C=O) groups excluding carboxylic acids is 1. The third kappa shape index (κ3) is 6.46. The van der Waals surface area contributed by atoms with Crippen molar-refractivity contribution in [1.82, 2.24) is 34.8 Å². The van der Waals surface area contributed by atoms with Gasteiger partial charge in [0, 0.05) is 31.4 Å². The van der Waals surface area contributed by atoms with E-state index in [0.717, 1.165) is 26.2 Å². The number of imidazole rings is 1. The lowest BCUT2D eigenvalue weighted by Crippen LogP contribution is -2.46. The van der Waals surface area contributed by atoms with Crippen molar-refractivity contribution in [3.63, 3.8) is 0 Å². The fourth-order valence-corrected chi connectivity index (χ4v) is 4.60. The number of pyridine rings is 1. The molecule has 0 saturated heterocycles. The first-order valence-corrected chi connectivity index (χ1v) is 13.0. The summed E-state index contributed by atoms with van der Waals surface area (Å²) in [6.45, 7) is 5.47. The molecular weight excluding hydrogens is 496 g/mol. The third-order valence-electron chi connectivity index (χ3n) is 6.76. The number of aromatic nitrogens is 5. The Morgan fingerprint density at radius 3 is 2.82 bits per heavy atom. The summed E-state index contributed by atoms with van der Waals surface area (Å²) in [5.41, 5.74) is 1.70. The first-order valence-electron chi connectivity index (χ1n) is 13.0. The lowest BCUT2D eigenvalue weighted by Gasteiger charge is -2.31. The highest BCUT2D eigenvalue weighted by molar-refractivity contribution is 5.75. The van der Waals surface area contributed by atoms with Gasteiger partial charge in [0.25, 0.3) is 5.88 Å². The van der Waals surface area contributed by atoms with Crippen LogP contribution in [-0.2, 0) is 0 Å². The van der Waals surface area contributed by atoms with Crippen molar-refractivity contribution < 1.29 is 23.0 Å². The van der Waals surface area contributed by atoms with Crippen molar-refractivity contribution >= 4 is 11.7 Å². The minimum Gasteiger partial charge on any atom is -0.494 e. The first-order chi connectivity index (χ1) is 18.2. The second kappa shape index (κ2) is 11.9.